The van der Waals surface area contributed by atoms with Crippen molar-refractivity contribution < 1.29 is 9.47 Å². The van der Waals surface area contributed by atoms with Crippen LogP contribution in [0.25, 0.3) is 0 Å². The number of nitriles is 1. The van der Waals surface area contributed by atoms with Crippen LogP contribution in [0.4, 0.5) is 0 Å². The van der Waals surface area contributed by atoms with Crippen molar-refractivity contribution in [2.75, 3.05) is 7.11 Å². The molecular formula is C11H13NO2. The number of benzene rings is 1. The number of rotatable bonds is 4. The van der Waals surface area contributed by atoms with Gasteiger partial charge in [-0.3, -0.25) is 0 Å². The predicted molar refractivity (Wildman–Crippen MR) is 53.3 cm³/mol. The van der Waals surface area contributed by atoms with Crippen molar-refractivity contribution in [2.45, 2.75) is 19.4 Å². The van der Waals surface area contributed by atoms with Gasteiger partial charge in [0.25, 0.3) is 0 Å². The Morgan fingerprint density at radius 1 is 1.43 bits per heavy atom. The van der Waals surface area contributed by atoms with Crippen LogP contribution in [0.5, 0.6) is 11.5 Å². The fourth-order valence-electron chi connectivity index (χ4n) is 1.08. The van der Waals surface area contributed by atoms with Gasteiger partial charge in [-0.25, -0.2) is 0 Å². The standard InChI is InChI=1S/C11H13NO2/c1-9(6-7-12)14-11-5-3-4-10(8-11)13-2/h3-5,8-9H,6H2,1-2H3. The molecule has 0 spiro atoms. The molecule has 1 rings (SSSR count). The van der Waals surface area contributed by atoms with E-state index in [-0.39, 0.29) is 6.10 Å². The average Bonchev–Trinajstić information content (AvgIpc) is 2.18. The highest BCUT2D eigenvalue weighted by Crippen LogP contribution is 2.20. The van der Waals surface area contributed by atoms with Gasteiger partial charge in [-0.15, -0.1) is 0 Å². The van der Waals surface area contributed by atoms with E-state index in [9.17, 15) is 0 Å². The molecule has 0 aromatic heterocycles. The molecule has 0 aliphatic carbocycles. The third-order valence-corrected chi connectivity index (χ3v) is 1.76. The van der Waals surface area contributed by atoms with Crippen molar-refractivity contribution in [3.63, 3.8) is 0 Å². The van der Waals surface area contributed by atoms with E-state index in [1.807, 2.05) is 25.1 Å². The summed E-state index contributed by atoms with van der Waals surface area (Å²) in [7, 11) is 1.61. The highest BCUT2D eigenvalue weighted by molar-refractivity contribution is 5.32. The van der Waals surface area contributed by atoms with Crippen LogP contribution in [0.2, 0.25) is 0 Å². The molecule has 3 nitrogen and oxygen atoms in total. The maximum Gasteiger partial charge on any atom is 0.123 e. The quantitative estimate of drug-likeness (QED) is 0.733. The van der Waals surface area contributed by atoms with Crippen LogP contribution in [-0.2, 0) is 0 Å². The molecular weight excluding hydrogens is 178 g/mol. The molecule has 0 N–H and O–H groups in total. The fraction of sp³-hybridized carbons (Fsp3) is 0.364. The van der Waals surface area contributed by atoms with Gasteiger partial charge in [-0.1, -0.05) is 6.07 Å². The third-order valence-electron chi connectivity index (χ3n) is 1.76. The first-order valence-electron chi connectivity index (χ1n) is 4.44. The molecule has 0 bridgehead atoms. The molecule has 0 radical (unpaired) electrons. The van der Waals surface area contributed by atoms with Gasteiger partial charge in [0.15, 0.2) is 0 Å². The summed E-state index contributed by atoms with van der Waals surface area (Å²) >= 11 is 0. The number of hydrogen-bond acceptors (Lipinski definition) is 3. The Bertz CT molecular complexity index is 330. The molecule has 0 aliphatic rings. The van der Waals surface area contributed by atoms with Crippen molar-refractivity contribution in [2.24, 2.45) is 0 Å². The van der Waals surface area contributed by atoms with Crippen LogP contribution in [0, 0.1) is 11.3 Å². The van der Waals surface area contributed by atoms with Crippen LogP contribution >= 0.6 is 0 Å². The number of ether oxygens (including phenoxy) is 2. The predicted octanol–water partition coefficient (Wildman–Crippen LogP) is 2.38. The molecule has 1 aromatic carbocycles. The normalized spacial score (nSPS) is 11.5. The number of hydrogen-bond donors (Lipinski definition) is 0. The first-order valence-corrected chi connectivity index (χ1v) is 4.44. The van der Waals surface area contributed by atoms with Crippen molar-refractivity contribution in [3.05, 3.63) is 24.3 Å². The average molecular weight is 191 g/mol. The first-order chi connectivity index (χ1) is 6.76. The lowest BCUT2D eigenvalue weighted by molar-refractivity contribution is 0.226. The van der Waals surface area contributed by atoms with Gasteiger partial charge >= 0.3 is 0 Å². The van der Waals surface area contributed by atoms with Crippen LogP contribution < -0.4 is 9.47 Å². The summed E-state index contributed by atoms with van der Waals surface area (Å²) in [6.45, 7) is 1.86. The summed E-state index contributed by atoms with van der Waals surface area (Å²) in [5, 5.41) is 8.46. The minimum atomic E-state index is -0.0906. The van der Waals surface area contributed by atoms with Gasteiger partial charge in [-0.2, -0.15) is 5.26 Å². The van der Waals surface area contributed by atoms with Gasteiger partial charge in [0, 0.05) is 6.07 Å². The molecule has 1 aromatic rings. The van der Waals surface area contributed by atoms with Crippen LogP contribution in [0.3, 0.4) is 0 Å². The summed E-state index contributed by atoms with van der Waals surface area (Å²) in [5.41, 5.74) is 0. The molecule has 0 heterocycles. The molecule has 1 unspecified atom stereocenters. The minimum Gasteiger partial charge on any atom is -0.497 e. The molecule has 0 saturated carbocycles. The molecule has 74 valence electrons. The Morgan fingerprint density at radius 3 is 2.79 bits per heavy atom. The van der Waals surface area contributed by atoms with E-state index in [0.29, 0.717) is 6.42 Å². The Kier molecular flexibility index (Phi) is 3.81. The second kappa shape index (κ2) is 5.13. The van der Waals surface area contributed by atoms with Crippen molar-refractivity contribution in [3.8, 4) is 17.6 Å². The molecule has 0 aliphatic heterocycles. The van der Waals surface area contributed by atoms with Crippen molar-refractivity contribution in [1.82, 2.24) is 0 Å². The molecule has 0 fully saturated rings. The highest BCUT2D eigenvalue weighted by atomic mass is 16.5. The summed E-state index contributed by atoms with van der Waals surface area (Å²) in [6.07, 6.45) is 0.295. The third kappa shape index (κ3) is 2.98. The second-order valence-corrected chi connectivity index (χ2v) is 2.97. The molecule has 0 amide bonds. The molecule has 1 atom stereocenters. The fourth-order valence-corrected chi connectivity index (χ4v) is 1.08. The van der Waals surface area contributed by atoms with E-state index in [0.717, 1.165) is 11.5 Å². The smallest absolute Gasteiger partial charge is 0.123 e. The Labute approximate surface area is 83.9 Å². The number of nitrogens with zero attached hydrogens (tertiary/aromatic N) is 1. The van der Waals surface area contributed by atoms with Crippen molar-refractivity contribution in [1.29, 1.82) is 5.26 Å². The Morgan fingerprint density at radius 2 is 2.14 bits per heavy atom. The van der Waals surface area contributed by atoms with E-state index in [4.69, 9.17) is 14.7 Å². The molecule has 3 heteroatoms. The Hall–Kier alpha value is -1.69. The zero-order valence-corrected chi connectivity index (χ0v) is 8.36. The minimum absolute atomic E-state index is 0.0906. The van der Waals surface area contributed by atoms with Crippen LogP contribution in [0.1, 0.15) is 13.3 Å². The van der Waals surface area contributed by atoms with E-state index >= 15 is 0 Å². The second-order valence-electron chi connectivity index (χ2n) is 2.97. The Balaban J connectivity index is 2.63. The van der Waals surface area contributed by atoms with E-state index in [2.05, 4.69) is 6.07 Å². The molecule has 0 saturated heterocycles. The van der Waals surface area contributed by atoms with Crippen LogP contribution in [-0.4, -0.2) is 13.2 Å². The van der Waals surface area contributed by atoms with Gasteiger partial charge in [0.1, 0.15) is 17.6 Å². The first kappa shape index (κ1) is 10.4. The SMILES string of the molecule is COc1cccc(OC(C)CC#N)c1. The maximum atomic E-state index is 8.46. The van der Waals surface area contributed by atoms with Gasteiger partial charge < -0.3 is 9.47 Å². The lowest BCUT2D eigenvalue weighted by Crippen LogP contribution is -2.10. The van der Waals surface area contributed by atoms with E-state index in [1.165, 1.54) is 0 Å². The molecule has 14 heavy (non-hydrogen) atoms. The van der Waals surface area contributed by atoms with Gasteiger partial charge in [-0.05, 0) is 19.1 Å². The van der Waals surface area contributed by atoms with Gasteiger partial charge in [0.2, 0.25) is 0 Å². The van der Waals surface area contributed by atoms with E-state index < -0.39 is 0 Å². The highest BCUT2D eigenvalue weighted by Gasteiger charge is 2.03. The summed E-state index contributed by atoms with van der Waals surface area (Å²) in [5.74, 6) is 1.48. The van der Waals surface area contributed by atoms with Crippen LogP contribution in [0.15, 0.2) is 24.3 Å². The maximum absolute atomic E-state index is 8.46. The lowest BCUT2D eigenvalue weighted by Gasteiger charge is -2.11. The van der Waals surface area contributed by atoms with Gasteiger partial charge in [0.05, 0.1) is 19.6 Å². The topological polar surface area (TPSA) is 42.2 Å². The number of methoxy groups -OCH3 is 1. The zero-order chi connectivity index (χ0) is 10.4. The van der Waals surface area contributed by atoms with Crippen molar-refractivity contribution >= 4 is 0 Å². The summed E-state index contributed by atoms with van der Waals surface area (Å²) < 4.78 is 10.5. The lowest BCUT2D eigenvalue weighted by atomic mass is 10.3. The monoisotopic (exact) mass is 191 g/mol. The summed E-state index contributed by atoms with van der Waals surface area (Å²) in [4.78, 5) is 0. The zero-order valence-electron chi connectivity index (χ0n) is 8.36. The largest absolute Gasteiger partial charge is 0.497 e. The summed E-state index contributed by atoms with van der Waals surface area (Å²) in [6, 6.07) is 9.41. The van der Waals surface area contributed by atoms with E-state index in [1.54, 1.807) is 13.2 Å².